The van der Waals surface area contributed by atoms with Crippen LogP contribution in [0.5, 0.6) is 5.75 Å². The van der Waals surface area contributed by atoms with Gasteiger partial charge in [-0.2, -0.15) is 0 Å². The number of hydrogen-bond acceptors (Lipinski definition) is 3. The van der Waals surface area contributed by atoms with Crippen LogP contribution in [0.4, 0.5) is 0 Å². The topological polar surface area (TPSA) is 38.3 Å². The highest BCUT2D eigenvalue weighted by Gasteiger charge is 2.06. The van der Waals surface area contributed by atoms with E-state index in [0.717, 1.165) is 27.7 Å². The van der Waals surface area contributed by atoms with E-state index in [1.54, 1.807) is 18.9 Å². The fraction of sp³-hybridized carbons (Fsp3) is 0.316. The maximum atomic E-state index is 11.9. The van der Waals surface area contributed by atoms with Crippen LogP contribution in [0.3, 0.4) is 0 Å². The average molecular weight is 364 g/mol. The molecule has 0 saturated carbocycles. The summed E-state index contributed by atoms with van der Waals surface area (Å²) >= 11 is 7.70. The standard InChI is InChI=1S/C19H22ClNO2S/c1-14-7-8-17(23-2)15(13-14)9-11-21-19(22)10-12-24-18-6-4-3-5-16(18)20/h3-8,13H,9-12H2,1-2H3,(H,21,22). The summed E-state index contributed by atoms with van der Waals surface area (Å²) in [7, 11) is 1.67. The average Bonchev–Trinajstić information content (AvgIpc) is 2.57. The molecule has 24 heavy (non-hydrogen) atoms. The van der Waals surface area contributed by atoms with Crippen molar-refractivity contribution in [3.05, 3.63) is 58.6 Å². The van der Waals surface area contributed by atoms with Gasteiger partial charge in [0.1, 0.15) is 5.75 Å². The second kappa shape index (κ2) is 9.60. The Morgan fingerprint density at radius 2 is 2.04 bits per heavy atom. The zero-order valence-corrected chi connectivity index (χ0v) is 15.5. The summed E-state index contributed by atoms with van der Waals surface area (Å²) in [6.45, 7) is 2.66. The molecule has 0 unspecified atom stereocenters. The van der Waals surface area contributed by atoms with Crippen LogP contribution in [0.15, 0.2) is 47.4 Å². The first-order valence-corrected chi connectivity index (χ1v) is 9.24. The van der Waals surface area contributed by atoms with Crippen molar-refractivity contribution in [3.8, 4) is 5.75 Å². The van der Waals surface area contributed by atoms with Crippen LogP contribution < -0.4 is 10.1 Å². The number of carbonyl (C=O) groups is 1. The minimum absolute atomic E-state index is 0.0566. The summed E-state index contributed by atoms with van der Waals surface area (Å²) < 4.78 is 5.35. The summed E-state index contributed by atoms with van der Waals surface area (Å²) in [5.41, 5.74) is 2.30. The highest BCUT2D eigenvalue weighted by molar-refractivity contribution is 7.99. The molecule has 0 bridgehead atoms. The van der Waals surface area contributed by atoms with Crippen LogP contribution in [-0.2, 0) is 11.2 Å². The first-order valence-electron chi connectivity index (χ1n) is 7.87. The van der Waals surface area contributed by atoms with E-state index in [-0.39, 0.29) is 5.91 Å². The van der Waals surface area contributed by atoms with Crippen molar-refractivity contribution in [2.24, 2.45) is 0 Å². The SMILES string of the molecule is COc1ccc(C)cc1CCNC(=O)CCSc1ccccc1Cl. The lowest BCUT2D eigenvalue weighted by Crippen LogP contribution is -2.26. The molecule has 128 valence electrons. The minimum atomic E-state index is 0.0566. The fourth-order valence-electron chi connectivity index (χ4n) is 2.34. The van der Waals surface area contributed by atoms with Crippen LogP contribution in [0, 0.1) is 6.92 Å². The second-order valence-electron chi connectivity index (χ2n) is 5.44. The Morgan fingerprint density at radius 1 is 1.25 bits per heavy atom. The van der Waals surface area contributed by atoms with Crippen molar-refractivity contribution in [2.45, 2.75) is 24.7 Å². The molecule has 5 heteroatoms. The van der Waals surface area contributed by atoms with E-state index >= 15 is 0 Å². The number of halogens is 1. The molecule has 0 aliphatic rings. The summed E-state index contributed by atoms with van der Waals surface area (Å²) in [6, 6.07) is 13.8. The van der Waals surface area contributed by atoms with Crippen molar-refractivity contribution in [3.63, 3.8) is 0 Å². The van der Waals surface area contributed by atoms with Crippen molar-refractivity contribution in [1.29, 1.82) is 0 Å². The van der Waals surface area contributed by atoms with Crippen LogP contribution in [-0.4, -0.2) is 25.3 Å². The van der Waals surface area contributed by atoms with E-state index in [1.807, 2.05) is 43.3 Å². The van der Waals surface area contributed by atoms with Crippen molar-refractivity contribution < 1.29 is 9.53 Å². The molecule has 0 aromatic heterocycles. The number of thioether (sulfide) groups is 1. The Labute approximate surface area is 152 Å². The minimum Gasteiger partial charge on any atom is -0.496 e. The lowest BCUT2D eigenvalue weighted by atomic mass is 10.1. The molecule has 0 spiro atoms. The van der Waals surface area contributed by atoms with Crippen molar-refractivity contribution in [2.75, 3.05) is 19.4 Å². The Balaban J connectivity index is 1.72. The molecule has 0 aliphatic heterocycles. The number of benzene rings is 2. The molecule has 0 heterocycles. The van der Waals surface area contributed by atoms with Gasteiger partial charge in [0.25, 0.3) is 0 Å². The first kappa shape index (κ1) is 18.7. The van der Waals surface area contributed by atoms with E-state index in [2.05, 4.69) is 11.4 Å². The highest BCUT2D eigenvalue weighted by Crippen LogP contribution is 2.26. The molecular formula is C19H22ClNO2S. The van der Waals surface area contributed by atoms with E-state index < -0.39 is 0 Å². The molecule has 0 atom stereocenters. The summed E-state index contributed by atoms with van der Waals surface area (Å²) in [5.74, 6) is 1.63. The van der Waals surface area contributed by atoms with Gasteiger partial charge < -0.3 is 10.1 Å². The maximum absolute atomic E-state index is 11.9. The smallest absolute Gasteiger partial charge is 0.220 e. The number of nitrogens with one attached hydrogen (secondary N) is 1. The molecule has 1 N–H and O–H groups in total. The third-order valence-electron chi connectivity index (χ3n) is 3.58. The quantitative estimate of drug-likeness (QED) is 0.702. The summed E-state index contributed by atoms with van der Waals surface area (Å²) in [5, 5.41) is 3.69. The fourth-order valence-corrected chi connectivity index (χ4v) is 3.53. The molecule has 0 fully saturated rings. The lowest BCUT2D eigenvalue weighted by molar-refractivity contribution is -0.120. The monoisotopic (exact) mass is 363 g/mol. The molecule has 0 saturated heterocycles. The van der Waals surface area contributed by atoms with Gasteiger partial charge in [0.15, 0.2) is 0 Å². The Bertz CT molecular complexity index is 691. The predicted molar refractivity (Wildman–Crippen MR) is 101 cm³/mol. The van der Waals surface area contributed by atoms with Crippen LogP contribution in [0.2, 0.25) is 5.02 Å². The van der Waals surface area contributed by atoms with Crippen LogP contribution in [0.1, 0.15) is 17.5 Å². The molecule has 3 nitrogen and oxygen atoms in total. The van der Waals surface area contributed by atoms with Gasteiger partial charge in [-0.3, -0.25) is 4.79 Å². The number of amides is 1. The number of carbonyl (C=O) groups excluding carboxylic acids is 1. The molecule has 2 rings (SSSR count). The van der Waals surface area contributed by atoms with Crippen molar-refractivity contribution >= 4 is 29.3 Å². The van der Waals surface area contributed by atoms with Gasteiger partial charge in [-0.25, -0.2) is 0 Å². The van der Waals surface area contributed by atoms with E-state index in [1.165, 1.54) is 5.56 Å². The number of rotatable bonds is 8. The van der Waals surface area contributed by atoms with Crippen LogP contribution in [0.25, 0.3) is 0 Å². The van der Waals surface area contributed by atoms with E-state index in [0.29, 0.717) is 18.7 Å². The van der Waals surface area contributed by atoms with E-state index in [4.69, 9.17) is 16.3 Å². The zero-order valence-electron chi connectivity index (χ0n) is 14.0. The third-order valence-corrected chi connectivity index (χ3v) is 5.09. The summed E-state index contributed by atoms with van der Waals surface area (Å²) in [6.07, 6.45) is 1.23. The number of aryl methyl sites for hydroxylation is 1. The summed E-state index contributed by atoms with van der Waals surface area (Å²) in [4.78, 5) is 13.0. The van der Waals surface area contributed by atoms with Gasteiger partial charge in [-0.15, -0.1) is 11.8 Å². The maximum Gasteiger partial charge on any atom is 0.220 e. The second-order valence-corrected chi connectivity index (χ2v) is 6.99. The van der Waals surface area contributed by atoms with Gasteiger partial charge in [-0.1, -0.05) is 41.4 Å². The van der Waals surface area contributed by atoms with Gasteiger partial charge in [-0.05, 0) is 37.1 Å². The van der Waals surface area contributed by atoms with Crippen molar-refractivity contribution in [1.82, 2.24) is 5.32 Å². The largest absolute Gasteiger partial charge is 0.496 e. The van der Waals surface area contributed by atoms with Gasteiger partial charge >= 0.3 is 0 Å². The Kier molecular flexibility index (Phi) is 7.47. The molecular weight excluding hydrogens is 342 g/mol. The molecule has 0 radical (unpaired) electrons. The van der Waals surface area contributed by atoms with Crippen LogP contribution >= 0.6 is 23.4 Å². The number of ether oxygens (including phenoxy) is 1. The van der Waals surface area contributed by atoms with E-state index in [9.17, 15) is 4.79 Å². The van der Waals surface area contributed by atoms with Gasteiger partial charge in [0, 0.05) is 23.6 Å². The predicted octanol–water partition coefficient (Wildman–Crippen LogP) is 4.50. The zero-order chi connectivity index (χ0) is 17.4. The normalized spacial score (nSPS) is 10.5. The third kappa shape index (κ3) is 5.77. The number of hydrogen-bond donors (Lipinski definition) is 1. The Morgan fingerprint density at radius 3 is 2.79 bits per heavy atom. The number of methoxy groups -OCH3 is 1. The molecule has 0 aliphatic carbocycles. The molecule has 2 aromatic carbocycles. The molecule has 2 aromatic rings. The molecule has 1 amide bonds. The van der Waals surface area contributed by atoms with Gasteiger partial charge in [0.05, 0.1) is 12.1 Å². The lowest BCUT2D eigenvalue weighted by Gasteiger charge is -2.10. The Hall–Kier alpha value is -1.65. The highest BCUT2D eigenvalue weighted by atomic mass is 35.5. The van der Waals surface area contributed by atoms with Gasteiger partial charge in [0.2, 0.25) is 5.91 Å². The first-order chi connectivity index (χ1) is 11.6.